The van der Waals surface area contributed by atoms with Gasteiger partial charge in [0.1, 0.15) is 23.1 Å². The molecule has 1 aromatic heterocycles. The van der Waals surface area contributed by atoms with Crippen LogP contribution in [0.5, 0.6) is 0 Å². The third-order valence-electron chi connectivity index (χ3n) is 6.00. The van der Waals surface area contributed by atoms with Gasteiger partial charge in [0.05, 0.1) is 30.4 Å². The number of aromatic nitrogens is 1. The number of alkyl halides is 5. The average Bonchev–Trinajstić information content (AvgIpc) is 3.14. The van der Waals surface area contributed by atoms with Crippen molar-refractivity contribution in [2.75, 3.05) is 23.3 Å². The summed E-state index contributed by atoms with van der Waals surface area (Å²) in [5.41, 5.74) is -2.56. The van der Waals surface area contributed by atoms with E-state index in [4.69, 9.17) is 11.6 Å². The van der Waals surface area contributed by atoms with Crippen LogP contribution in [0.4, 0.5) is 42.2 Å². The summed E-state index contributed by atoms with van der Waals surface area (Å²) < 4.78 is 94.4. The fourth-order valence-corrected chi connectivity index (χ4v) is 4.49. The fourth-order valence-electron chi connectivity index (χ4n) is 4.27. The standard InChI is InChI=1S/C24H14ClF7N4O2/c25-15-2-1-12(26)6-14(15)19-18-16(33-21(37)10-3-11(24(30,31)32)5-13(27)4-10)7-17(34-20(18)22(38)35-19)36-8-23(28,29)9-36/h1-7,19H,8-9H2,(H,35,38)(H,33,34,37)/t19-/m1/s1. The Hall–Kier alpha value is -3.87. The molecule has 38 heavy (non-hydrogen) atoms. The molecule has 0 unspecified atom stereocenters. The molecular formula is C24H14ClF7N4O2. The van der Waals surface area contributed by atoms with Gasteiger partial charge in [-0.05, 0) is 36.4 Å². The van der Waals surface area contributed by atoms with Gasteiger partial charge in [-0.1, -0.05) is 11.6 Å². The van der Waals surface area contributed by atoms with Gasteiger partial charge in [0, 0.05) is 27.8 Å². The minimum atomic E-state index is -4.94. The number of benzene rings is 2. The maximum atomic E-state index is 14.0. The number of pyridine rings is 1. The number of anilines is 2. The van der Waals surface area contributed by atoms with Gasteiger partial charge in [-0.2, -0.15) is 13.2 Å². The minimum Gasteiger partial charge on any atom is -0.344 e. The number of nitrogens with one attached hydrogen (secondary N) is 2. The van der Waals surface area contributed by atoms with Crippen LogP contribution in [0.2, 0.25) is 5.02 Å². The van der Waals surface area contributed by atoms with Crippen LogP contribution in [0.3, 0.4) is 0 Å². The predicted molar refractivity (Wildman–Crippen MR) is 121 cm³/mol. The van der Waals surface area contributed by atoms with Crippen LogP contribution < -0.4 is 15.5 Å². The molecule has 0 bridgehead atoms. The number of carbonyl (C=O) groups is 2. The zero-order valence-corrected chi connectivity index (χ0v) is 19.5. The summed E-state index contributed by atoms with van der Waals surface area (Å²) >= 11 is 6.20. The van der Waals surface area contributed by atoms with E-state index in [0.717, 1.165) is 23.1 Å². The number of amides is 2. The zero-order valence-electron chi connectivity index (χ0n) is 18.8. The summed E-state index contributed by atoms with van der Waals surface area (Å²) in [6.07, 6.45) is -4.94. The second-order valence-electron chi connectivity index (χ2n) is 8.76. The van der Waals surface area contributed by atoms with Crippen LogP contribution in [0.15, 0.2) is 42.5 Å². The summed E-state index contributed by atoms with van der Waals surface area (Å²) in [6.45, 7) is -1.46. The lowest BCUT2D eigenvalue weighted by molar-refractivity contribution is -0.137. The first-order chi connectivity index (χ1) is 17.7. The highest BCUT2D eigenvalue weighted by Gasteiger charge is 2.46. The smallest absolute Gasteiger partial charge is 0.344 e. The molecule has 6 nitrogen and oxygen atoms in total. The van der Waals surface area contributed by atoms with Gasteiger partial charge in [0.25, 0.3) is 17.7 Å². The highest BCUT2D eigenvalue weighted by molar-refractivity contribution is 6.31. The van der Waals surface area contributed by atoms with Crippen molar-refractivity contribution in [3.8, 4) is 0 Å². The lowest BCUT2D eigenvalue weighted by Gasteiger charge is -2.39. The molecule has 1 saturated heterocycles. The Morgan fingerprint density at radius 1 is 1.08 bits per heavy atom. The maximum absolute atomic E-state index is 14.0. The number of halogens is 8. The van der Waals surface area contributed by atoms with Crippen LogP contribution in [-0.4, -0.2) is 35.8 Å². The van der Waals surface area contributed by atoms with Gasteiger partial charge in [0.15, 0.2) is 0 Å². The molecule has 0 aliphatic carbocycles. The van der Waals surface area contributed by atoms with E-state index < -0.39 is 65.8 Å². The van der Waals surface area contributed by atoms with Crippen molar-refractivity contribution >= 4 is 34.9 Å². The van der Waals surface area contributed by atoms with Crippen molar-refractivity contribution in [3.05, 3.63) is 87.1 Å². The molecule has 0 spiro atoms. The normalized spacial score (nSPS) is 18.1. The van der Waals surface area contributed by atoms with Gasteiger partial charge < -0.3 is 15.5 Å². The van der Waals surface area contributed by atoms with Crippen LogP contribution in [0.1, 0.15) is 43.6 Å². The molecule has 5 rings (SSSR count). The number of nitrogens with zero attached hydrogens (tertiary/aromatic N) is 2. The highest BCUT2D eigenvalue weighted by atomic mass is 35.5. The first-order valence-electron chi connectivity index (χ1n) is 10.8. The predicted octanol–water partition coefficient (Wildman–Crippen LogP) is 5.57. The molecule has 2 N–H and O–H groups in total. The van der Waals surface area contributed by atoms with E-state index in [1.807, 2.05) is 0 Å². The molecule has 0 saturated carbocycles. The van der Waals surface area contributed by atoms with E-state index in [0.29, 0.717) is 12.1 Å². The third kappa shape index (κ3) is 4.73. The minimum absolute atomic E-state index is 0.0284. The molecular weight excluding hydrogens is 545 g/mol. The Bertz CT molecular complexity index is 1490. The van der Waals surface area contributed by atoms with E-state index in [-0.39, 0.29) is 39.4 Å². The largest absolute Gasteiger partial charge is 0.416 e. The van der Waals surface area contributed by atoms with Crippen LogP contribution in [-0.2, 0) is 6.18 Å². The lowest BCUT2D eigenvalue weighted by atomic mass is 9.98. The Morgan fingerprint density at radius 3 is 2.45 bits per heavy atom. The summed E-state index contributed by atoms with van der Waals surface area (Å²) in [5.74, 6) is -7.15. The van der Waals surface area contributed by atoms with Gasteiger partial charge in [-0.3, -0.25) is 9.59 Å². The summed E-state index contributed by atoms with van der Waals surface area (Å²) in [7, 11) is 0. The van der Waals surface area contributed by atoms with Gasteiger partial charge >= 0.3 is 6.18 Å². The monoisotopic (exact) mass is 558 g/mol. The third-order valence-corrected chi connectivity index (χ3v) is 6.34. The molecule has 3 heterocycles. The molecule has 1 atom stereocenters. The average molecular weight is 559 g/mol. The number of hydrogen-bond donors (Lipinski definition) is 2. The number of carbonyl (C=O) groups excluding carboxylic acids is 2. The lowest BCUT2D eigenvalue weighted by Crippen LogP contribution is -2.56. The Morgan fingerprint density at radius 2 is 1.79 bits per heavy atom. The van der Waals surface area contributed by atoms with Gasteiger partial charge in [-0.25, -0.2) is 22.5 Å². The van der Waals surface area contributed by atoms with E-state index >= 15 is 0 Å². The molecule has 14 heteroatoms. The number of hydrogen-bond acceptors (Lipinski definition) is 4. The highest BCUT2D eigenvalue weighted by Crippen LogP contribution is 2.42. The topological polar surface area (TPSA) is 74.3 Å². The molecule has 2 aliphatic heterocycles. The summed E-state index contributed by atoms with van der Waals surface area (Å²) in [6, 6.07) is 4.54. The van der Waals surface area contributed by atoms with Crippen molar-refractivity contribution < 1.29 is 40.3 Å². The SMILES string of the molecule is O=C(Nc1cc(N2CC(F)(F)C2)nc2c1[C@@H](c1cc(F)ccc1Cl)NC2=O)c1cc(F)cc(C(F)(F)F)c1. The van der Waals surface area contributed by atoms with Crippen molar-refractivity contribution in [2.45, 2.75) is 18.1 Å². The van der Waals surface area contributed by atoms with E-state index in [9.17, 15) is 40.3 Å². The molecule has 2 amide bonds. The molecule has 2 aromatic carbocycles. The van der Waals surface area contributed by atoms with Crippen molar-refractivity contribution in [1.82, 2.24) is 10.3 Å². The van der Waals surface area contributed by atoms with Crippen molar-refractivity contribution in [2.24, 2.45) is 0 Å². The first-order valence-corrected chi connectivity index (χ1v) is 11.2. The summed E-state index contributed by atoms with van der Waals surface area (Å²) in [5, 5.41) is 4.90. The summed E-state index contributed by atoms with van der Waals surface area (Å²) in [4.78, 5) is 31.0. The van der Waals surface area contributed by atoms with E-state index in [2.05, 4.69) is 15.6 Å². The van der Waals surface area contributed by atoms with Crippen LogP contribution in [0.25, 0.3) is 0 Å². The van der Waals surface area contributed by atoms with Crippen LogP contribution in [0, 0.1) is 11.6 Å². The molecule has 2 aliphatic rings. The quantitative estimate of drug-likeness (QED) is 0.411. The van der Waals surface area contributed by atoms with E-state index in [1.54, 1.807) is 0 Å². The maximum Gasteiger partial charge on any atom is 0.416 e. The Kier molecular flexibility index (Phi) is 6.01. The molecule has 3 aromatic rings. The number of rotatable bonds is 4. The molecule has 1 fully saturated rings. The molecule has 198 valence electrons. The van der Waals surface area contributed by atoms with Crippen molar-refractivity contribution in [3.63, 3.8) is 0 Å². The fraction of sp³-hybridized carbons (Fsp3) is 0.208. The Balaban J connectivity index is 1.61. The second-order valence-corrected chi connectivity index (χ2v) is 9.16. The van der Waals surface area contributed by atoms with Gasteiger partial charge in [-0.15, -0.1) is 0 Å². The second kappa shape index (κ2) is 8.86. The first kappa shape index (κ1) is 25.8. The molecule has 0 radical (unpaired) electrons. The van der Waals surface area contributed by atoms with Crippen LogP contribution >= 0.6 is 11.6 Å². The number of fused-ring (bicyclic) bond motifs is 1. The Labute approximate surface area is 214 Å². The van der Waals surface area contributed by atoms with Gasteiger partial charge in [0.2, 0.25) is 0 Å². The zero-order chi connectivity index (χ0) is 27.6. The van der Waals surface area contributed by atoms with Crippen molar-refractivity contribution in [1.29, 1.82) is 0 Å². The van der Waals surface area contributed by atoms with E-state index in [1.165, 1.54) is 6.07 Å².